The van der Waals surface area contributed by atoms with E-state index in [2.05, 4.69) is 4.90 Å². The van der Waals surface area contributed by atoms with Crippen molar-refractivity contribution in [2.45, 2.75) is 42.1 Å². The number of hydrogen-bond acceptors (Lipinski definition) is 9. The Kier molecular flexibility index (Phi) is 13.0. The second kappa shape index (κ2) is 18.4. The predicted octanol–water partition coefficient (Wildman–Crippen LogP) is 7.82. The standard InChI is InChI=1S/C45H44N2O7S/c1-52-45(49)40-28-39(22-24-43(40)53-31-35-13-7-3-8-14-35)55(50,51)38-20-17-33(18-21-38)25-26-47(29-34-11-5-2-6-12-34)30-42(48)37-19-23-44(41(46)27-37)54-32-36-15-9-4-10-16-36/h2-24,27-28,42,48H,25-26,29-32,46H2,1H3/t42-/m0/s1. The Morgan fingerprint density at radius 2 is 1.22 bits per heavy atom. The fraction of sp³-hybridized carbons (Fsp3) is 0.178. The molecule has 0 fully saturated rings. The second-order valence-corrected chi connectivity index (χ2v) is 15.1. The van der Waals surface area contributed by atoms with E-state index < -0.39 is 21.9 Å². The Balaban J connectivity index is 1.12. The number of carbonyl (C=O) groups excluding carboxylic acids is 1. The molecule has 282 valence electrons. The smallest absolute Gasteiger partial charge is 0.341 e. The summed E-state index contributed by atoms with van der Waals surface area (Å²) in [5.41, 5.74) is 11.4. The van der Waals surface area contributed by atoms with E-state index in [0.717, 1.165) is 22.3 Å². The minimum absolute atomic E-state index is 0.0202. The van der Waals surface area contributed by atoms with Crippen LogP contribution in [0.1, 0.15) is 44.3 Å². The number of carbonyl (C=O) groups is 1. The van der Waals surface area contributed by atoms with E-state index in [0.29, 0.717) is 49.7 Å². The van der Waals surface area contributed by atoms with Crippen molar-refractivity contribution in [1.82, 2.24) is 4.90 Å². The molecule has 0 aliphatic rings. The van der Waals surface area contributed by atoms with Gasteiger partial charge in [-0.05, 0) is 76.7 Å². The molecular formula is C45H44N2O7S. The van der Waals surface area contributed by atoms with E-state index in [1.165, 1.54) is 25.3 Å². The van der Waals surface area contributed by atoms with Gasteiger partial charge in [0, 0.05) is 19.6 Å². The van der Waals surface area contributed by atoms with Crippen molar-refractivity contribution in [3.63, 3.8) is 0 Å². The fourth-order valence-corrected chi connectivity index (χ4v) is 7.42. The SMILES string of the molecule is COC(=O)c1cc(S(=O)(=O)c2ccc(CCN(Cc3ccccc3)C[C@H](O)c3ccc(OCc4ccccc4)c(N)c3)cc2)ccc1OCc1ccccc1. The van der Waals surface area contributed by atoms with Crippen LogP contribution in [0.25, 0.3) is 0 Å². The quantitative estimate of drug-likeness (QED) is 0.0707. The molecule has 0 spiro atoms. The maximum atomic E-state index is 13.7. The summed E-state index contributed by atoms with van der Waals surface area (Å²) in [5.74, 6) is 0.0812. The van der Waals surface area contributed by atoms with E-state index in [9.17, 15) is 18.3 Å². The Morgan fingerprint density at radius 1 is 0.673 bits per heavy atom. The highest BCUT2D eigenvalue weighted by molar-refractivity contribution is 7.91. The van der Waals surface area contributed by atoms with Crippen LogP contribution in [0.3, 0.4) is 0 Å². The molecule has 0 aliphatic heterocycles. The predicted molar refractivity (Wildman–Crippen MR) is 212 cm³/mol. The second-order valence-electron chi connectivity index (χ2n) is 13.1. The molecule has 10 heteroatoms. The summed E-state index contributed by atoms with van der Waals surface area (Å²) in [5, 5.41) is 11.4. The van der Waals surface area contributed by atoms with Crippen LogP contribution in [0.5, 0.6) is 11.5 Å². The van der Waals surface area contributed by atoms with Gasteiger partial charge in [-0.1, -0.05) is 109 Å². The first-order valence-electron chi connectivity index (χ1n) is 17.9. The molecule has 0 amide bonds. The van der Waals surface area contributed by atoms with E-state index in [4.69, 9.17) is 19.9 Å². The number of nitrogen functional groups attached to an aromatic ring is 1. The zero-order valence-electron chi connectivity index (χ0n) is 30.6. The zero-order chi connectivity index (χ0) is 38.6. The number of aliphatic hydroxyl groups excluding tert-OH is 1. The first-order chi connectivity index (χ1) is 26.7. The molecule has 0 aliphatic carbocycles. The normalized spacial score (nSPS) is 11.9. The summed E-state index contributed by atoms with van der Waals surface area (Å²) < 4.78 is 44.2. The third-order valence-corrected chi connectivity index (χ3v) is 11.0. The number of esters is 1. The number of benzene rings is 6. The van der Waals surface area contributed by atoms with Crippen LogP contribution in [0.15, 0.2) is 161 Å². The molecule has 1 atom stereocenters. The van der Waals surface area contributed by atoms with Crippen LogP contribution < -0.4 is 15.2 Å². The molecule has 6 aromatic rings. The van der Waals surface area contributed by atoms with Gasteiger partial charge < -0.3 is 25.1 Å². The van der Waals surface area contributed by atoms with Gasteiger partial charge in [0.15, 0.2) is 0 Å². The van der Waals surface area contributed by atoms with Crippen molar-refractivity contribution in [1.29, 1.82) is 0 Å². The van der Waals surface area contributed by atoms with Crippen molar-refractivity contribution in [2.24, 2.45) is 0 Å². The van der Waals surface area contributed by atoms with Crippen molar-refractivity contribution in [3.8, 4) is 11.5 Å². The zero-order valence-corrected chi connectivity index (χ0v) is 31.4. The topological polar surface area (TPSA) is 128 Å². The van der Waals surface area contributed by atoms with Gasteiger partial charge in [0.05, 0.1) is 28.7 Å². The highest BCUT2D eigenvalue weighted by Gasteiger charge is 2.23. The van der Waals surface area contributed by atoms with Gasteiger partial charge in [-0.2, -0.15) is 0 Å². The molecule has 0 bridgehead atoms. The molecule has 3 N–H and O–H groups in total. The number of nitrogens with two attached hydrogens (primary N) is 1. The number of hydrogen-bond donors (Lipinski definition) is 2. The first-order valence-corrected chi connectivity index (χ1v) is 19.4. The Bertz CT molecular complexity index is 2270. The van der Waals surface area contributed by atoms with Gasteiger partial charge in [0.2, 0.25) is 9.84 Å². The molecule has 9 nitrogen and oxygen atoms in total. The largest absolute Gasteiger partial charge is 0.488 e. The molecule has 0 aromatic heterocycles. The van der Waals surface area contributed by atoms with Gasteiger partial charge in [0.25, 0.3) is 0 Å². The van der Waals surface area contributed by atoms with E-state index in [1.54, 1.807) is 36.4 Å². The molecule has 0 saturated heterocycles. The minimum Gasteiger partial charge on any atom is -0.488 e. The average Bonchev–Trinajstić information content (AvgIpc) is 3.22. The summed E-state index contributed by atoms with van der Waals surface area (Å²) in [6.07, 6.45) is -0.208. The maximum absolute atomic E-state index is 13.7. The number of rotatable bonds is 17. The van der Waals surface area contributed by atoms with Crippen LogP contribution in [0, 0.1) is 0 Å². The lowest BCUT2D eigenvalue weighted by molar-refractivity contribution is 0.0595. The number of methoxy groups -OCH3 is 1. The van der Waals surface area contributed by atoms with Crippen LogP contribution in [-0.4, -0.2) is 44.6 Å². The molecule has 55 heavy (non-hydrogen) atoms. The monoisotopic (exact) mass is 756 g/mol. The highest BCUT2D eigenvalue weighted by atomic mass is 32.2. The van der Waals surface area contributed by atoms with Gasteiger partial charge in [-0.25, -0.2) is 13.2 Å². The van der Waals surface area contributed by atoms with Crippen molar-refractivity contribution >= 4 is 21.5 Å². The Morgan fingerprint density at radius 3 is 1.80 bits per heavy atom. The van der Waals surface area contributed by atoms with Crippen LogP contribution in [-0.2, 0) is 40.8 Å². The number of sulfone groups is 1. The van der Waals surface area contributed by atoms with Crippen molar-refractivity contribution in [3.05, 3.63) is 185 Å². The molecular weight excluding hydrogens is 713 g/mol. The lowest BCUT2D eigenvalue weighted by atomic mass is 10.1. The van der Waals surface area contributed by atoms with Crippen LogP contribution >= 0.6 is 0 Å². The first kappa shape index (κ1) is 38.8. The van der Waals surface area contributed by atoms with Gasteiger partial charge in [-0.15, -0.1) is 0 Å². The van der Waals surface area contributed by atoms with Crippen molar-refractivity contribution in [2.75, 3.05) is 25.9 Å². The highest BCUT2D eigenvalue weighted by Crippen LogP contribution is 2.30. The van der Waals surface area contributed by atoms with Gasteiger partial charge in [0.1, 0.15) is 30.3 Å². The summed E-state index contributed by atoms with van der Waals surface area (Å²) in [6, 6.07) is 45.6. The Labute approximate surface area is 322 Å². The molecule has 6 aromatic carbocycles. The molecule has 6 rings (SSSR count). The molecule has 0 heterocycles. The average molecular weight is 757 g/mol. The number of nitrogens with zero attached hydrogens (tertiary/aromatic N) is 1. The summed E-state index contributed by atoms with van der Waals surface area (Å²) >= 11 is 0. The summed E-state index contributed by atoms with van der Waals surface area (Å²) in [6.45, 7) is 2.13. The summed E-state index contributed by atoms with van der Waals surface area (Å²) in [4.78, 5) is 14.9. The van der Waals surface area contributed by atoms with Gasteiger partial charge >= 0.3 is 5.97 Å². The molecule has 0 unspecified atom stereocenters. The number of aliphatic hydroxyl groups is 1. The lowest BCUT2D eigenvalue weighted by Crippen LogP contribution is -2.30. The fourth-order valence-electron chi connectivity index (χ4n) is 6.13. The van der Waals surface area contributed by atoms with Gasteiger partial charge in [-0.3, -0.25) is 4.90 Å². The third-order valence-electron chi connectivity index (χ3n) is 9.19. The summed E-state index contributed by atoms with van der Waals surface area (Å²) in [7, 11) is -2.74. The van der Waals surface area contributed by atoms with Crippen LogP contribution in [0.2, 0.25) is 0 Å². The van der Waals surface area contributed by atoms with E-state index >= 15 is 0 Å². The minimum atomic E-state index is -3.97. The lowest BCUT2D eigenvalue weighted by Gasteiger charge is -2.26. The van der Waals surface area contributed by atoms with E-state index in [-0.39, 0.29) is 27.7 Å². The number of anilines is 1. The third kappa shape index (κ3) is 10.4. The van der Waals surface area contributed by atoms with Crippen molar-refractivity contribution < 1.29 is 32.5 Å². The van der Waals surface area contributed by atoms with E-state index in [1.807, 2.05) is 97.1 Å². The molecule has 0 saturated carbocycles. The maximum Gasteiger partial charge on any atom is 0.341 e. The van der Waals surface area contributed by atoms with Crippen LogP contribution in [0.4, 0.5) is 5.69 Å². The number of ether oxygens (including phenoxy) is 3. The Hall–Kier alpha value is -5.94. The molecule has 0 radical (unpaired) electrons.